The Labute approximate surface area is 194 Å². The second-order valence-electron chi connectivity index (χ2n) is 7.81. The van der Waals surface area contributed by atoms with E-state index in [1.54, 1.807) is 43.3 Å². The number of nitrogens with one attached hydrogen (secondary N) is 2. The number of piperidine rings is 1. The molecule has 2 aromatic rings. The number of rotatable bonds is 8. The molecular weight excluding hydrogens is 446 g/mol. The van der Waals surface area contributed by atoms with E-state index in [9.17, 15) is 18.0 Å². The van der Waals surface area contributed by atoms with Gasteiger partial charge in [-0.25, -0.2) is 8.42 Å². The van der Waals surface area contributed by atoms with Crippen molar-refractivity contribution < 1.29 is 27.5 Å². The summed E-state index contributed by atoms with van der Waals surface area (Å²) in [7, 11) is -0.586. The predicted octanol–water partition coefficient (Wildman–Crippen LogP) is 2.25. The maximum absolute atomic E-state index is 12.9. The molecule has 0 radical (unpaired) electrons. The highest BCUT2D eigenvalue weighted by molar-refractivity contribution is 7.89. The molecule has 0 bridgehead atoms. The second-order valence-corrected chi connectivity index (χ2v) is 9.74. The van der Waals surface area contributed by atoms with E-state index < -0.39 is 16.1 Å². The van der Waals surface area contributed by atoms with Crippen molar-refractivity contribution in [3.8, 4) is 11.5 Å². The number of carbonyl (C=O) groups is 2. The van der Waals surface area contributed by atoms with Crippen molar-refractivity contribution >= 4 is 27.5 Å². The lowest BCUT2D eigenvalue weighted by Gasteiger charge is -2.31. The van der Waals surface area contributed by atoms with E-state index >= 15 is 0 Å². The molecule has 1 unspecified atom stereocenters. The van der Waals surface area contributed by atoms with Gasteiger partial charge in [0.2, 0.25) is 21.8 Å². The maximum Gasteiger partial charge on any atom is 0.246 e. The standard InChI is InChI=1S/C23H29N3O6S/c1-16(22(27)25-18-5-4-6-20(15-18)32-3)24-23(28)17-11-13-26(14-12-17)33(29,30)21-9-7-19(31-2)8-10-21/h4-10,15-17H,11-14H2,1-3H3,(H,24,28)(H,25,27). The highest BCUT2D eigenvalue weighted by Gasteiger charge is 2.33. The number of benzene rings is 2. The highest BCUT2D eigenvalue weighted by atomic mass is 32.2. The van der Waals surface area contributed by atoms with Gasteiger partial charge in [-0.1, -0.05) is 6.07 Å². The maximum atomic E-state index is 12.9. The van der Waals surface area contributed by atoms with Gasteiger partial charge < -0.3 is 20.1 Å². The van der Waals surface area contributed by atoms with E-state index in [-0.39, 0.29) is 35.7 Å². The molecule has 0 saturated carbocycles. The van der Waals surface area contributed by atoms with Gasteiger partial charge in [0.1, 0.15) is 17.5 Å². The van der Waals surface area contributed by atoms with Crippen molar-refractivity contribution in [1.29, 1.82) is 0 Å². The monoisotopic (exact) mass is 475 g/mol. The molecular formula is C23H29N3O6S. The van der Waals surface area contributed by atoms with Crippen LogP contribution in [0.3, 0.4) is 0 Å². The van der Waals surface area contributed by atoms with Crippen LogP contribution in [-0.4, -0.2) is 57.9 Å². The van der Waals surface area contributed by atoms with Crippen LogP contribution in [0.1, 0.15) is 19.8 Å². The van der Waals surface area contributed by atoms with Crippen molar-refractivity contribution in [3.63, 3.8) is 0 Å². The van der Waals surface area contributed by atoms with Crippen molar-refractivity contribution in [2.45, 2.75) is 30.7 Å². The molecule has 1 fully saturated rings. The second kappa shape index (κ2) is 10.7. The first-order valence-electron chi connectivity index (χ1n) is 10.6. The third-order valence-corrected chi connectivity index (χ3v) is 7.52. The number of ether oxygens (including phenoxy) is 2. The first-order valence-corrected chi connectivity index (χ1v) is 12.1. The van der Waals surface area contributed by atoms with Crippen LogP contribution < -0.4 is 20.1 Å². The Balaban J connectivity index is 1.52. The lowest BCUT2D eigenvalue weighted by molar-refractivity contribution is -0.129. The third-order valence-electron chi connectivity index (χ3n) is 5.61. The zero-order valence-electron chi connectivity index (χ0n) is 18.9. The molecule has 178 valence electrons. The van der Waals surface area contributed by atoms with Crippen LogP contribution in [0, 0.1) is 5.92 Å². The summed E-state index contributed by atoms with van der Waals surface area (Å²) >= 11 is 0. The zero-order chi connectivity index (χ0) is 24.0. The number of anilines is 1. The van der Waals surface area contributed by atoms with Gasteiger partial charge in [0.15, 0.2) is 0 Å². The smallest absolute Gasteiger partial charge is 0.246 e. The fraction of sp³-hybridized carbons (Fsp3) is 0.391. The van der Waals surface area contributed by atoms with Gasteiger partial charge >= 0.3 is 0 Å². The van der Waals surface area contributed by atoms with Crippen LogP contribution in [0.5, 0.6) is 11.5 Å². The molecule has 0 spiro atoms. The molecule has 1 saturated heterocycles. The summed E-state index contributed by atoms with van der Waals surface area (Å²) in [5.41, 5.74) is 0.567. The number of hydrogen-bond donors (Lipinski definition) is 2. The average molecular weight is 476 g/mol. The average Bonchev–Trinajstić information content (AvgIpc) is 2.84. The fourth-order valence-electron chi connectivity index (χ4n) is 3.60. The Morgan fingerprint density at radius 2 is 1.64 bits per heavy atom. The number of carbonyl (C=O) groups excluding carboxylic acids is 2. The minimum Gasteiger partial charge on any atom is -0.497 e. The van der Waals surface area contributed by atoms with Gasteiger partial charge in [-0.05, 0) is 56.2 Å². The van der Waals surface area contributed by atoms with Crippen molar-refractivity contribution in [1.82, 2.24) is 9.62 Å². The van der Waals surface area contributed by atoms with Crippen molar-refractivity contribution in [3.05, 3.63) is 48.5 Å². The lowest BCUT2D eigenvalue weighted by Crippen LogP contribution is -2.47. The quantitative estimate of drug-likeness (QED) is 0.605. The molecule has 33 heavy (non-hydrogen) atoms. The van der Waals surface area contributed by atoms with E-state index in [0.717, 1.165) is 0 Å². The van der Waals surface area contributed by atoms with Gasteiger partial charge in [-0.2, -0.15) is 4.31 Å². The number of amides is 2. The molecule has 1 heterocycles. The van der Waals surface area contributed by atoms with Gasteiger partial charge in [-0.3, -0.25) is 9.59 Å². The van der Waals surface area contributed by atoms with E-state index in [1.165, 1.54) is 30.7 Å². The molecule has 9 nitrogen and oxygen atoms in total. The molecule has 2 N–H and O–H groups in total. The molecule has 0 aromatic heterocycles. The van der Waals surface area contributed by atoms with Crippen LogP contribution in [0.4, 0.5) is 5.69 Å². The lowest BCUT2D eigenvalue weighted by atomic mass is 9.97. The Hall–Kier alpha value is -3.11. The topological polar surface area (TPSA) is 114 Å². The summed E-state index contributed by atoms with van der Waals surface area (Å²) < 4.78 is 37.3. The summed E-state index contributed by atoms with van der Waals surface area (Å²) in [4.78, 5) is 25.3. The van der Waals surface area contributed by atoms with Gasteiger partial charge in [0.05, 0.1) is 19.1 Å². The molecule has 1 atom stereocenters. The normalized spacial score (nSPS) is 16.0. The van der Waals surface area contributed by atoms with E-state index in [2.05, 4.69) is 10.6 Å². The first-order chi connectivity index (χ1) is 15.7. The summed E-state index contributed by atoms with van der Waals surface area (Å²) in [6, 6.07) is 12.4. The van der Waals surface area contributed by atoms with E-state index in [4.69, 9.17) is 9.47 Å². The van der Waals surface area contributed by atoms with E-state index in [0.29, 0.717) is 30.0 Å². The van der Waals surface area contributed by atoms with Crippen LogP contribution in [-0.2, 0) is 19.6 Å². The Kier molecular flexibility index (Phi) is 7.93. The van der Waals surface area contributed by atoms with E-state index in [1.807, 2.05) is 0 Å². The first kappa shape index (κ1) is 24.5. The largest absolute Gasteiger partial charge is 0.497 e. The fourth-order valence-corrected chi connectivity index (χ4v) is 5.07. The van der Waals surface area contributed by atoms with Crippen molar-refractivity contribution in [2.75, 3.05) is 32.6 Å². The molecule has 0 aliphatic carbocycles. The third kappa shape index (κ3) is 6.02. The number of hydrogen-bond acceptors (Lipinski definition) is 6. The summed E-state index contributed by atoms with van der Waals surface area (Å²) in [5.74, 6) is 0.218. The number of methoxy groups -OCH3 is 2. The predicted molar refractivity (Wildman–Crippen MR) is 124 cm³/mol. The minimum atomic E-state index is -3.64. The molecule has 2 aromatic carbocycles. The number of nitrogens with zero attached hydrogens (tertiary/aromatic N) is 1. The minimum absolute atomic E-state index is 0.189. The molecule has 1 aliphatic heterocycles. The number of sulfonamides is 1. The zero-order valence-corrected chi connectivity index (χ0v) is 19.7. The summed E-state index contributed by atoms with van der Waals surface area (Å²) in [6.07, 6.45) is 0.761. The van der Waals surface area contributed by atoms with Crippen LogP contribution in [0.15, 0.2) is 53.4 Å². The molecule has 1 aliphatic rings. The van der Waals surface area contributed by atoms with Crippen molar-refractivity contribution in [2.24, 2.45) is 5.92 Å². The van der Waals surface area contributed by atoms with Crippen LogP contribution >= 0.6 is 0 Å². The molecule has 2 amide bonds. The molecule has 10 heteroatoms. The van der Waals surface area contributed by atoms with Gasteiger partial charge in [-0.15, -0.1) is 0 Å². The Morgan fingerprint density at radius 3 is 2.24 bits per heavy atom. The Bertz CT molecular complexity index is 1080. The highest BCUT2D eigenvalue weighted by Crippen LogP contribution is 2.25. The Morgan fingerprint density at radius 1 is 1.00 bits per heavy atom. The van der Waals surface area contributed by atoms with Gasteiger partial charge in [0, 0.05) is 30.8 Å². The molecule has 3 rings (SSSR count). The van der Waals surface area contributed by atoms with Gasteiger partial charge in [0.25, 0.3) is 0 Å². The summed E-state index contributed by atoms with van der Waals surface area (Å²) in [6.45, 7) is 2.07. The SMILES string of the molecule is COc1ccc(S(=O)(=O)N2CCC(C(=O)NC(C)C(=O)Nc3cccc(OC)c3)CC2)cc1. The van der Waals surface area contributed by atoms with Crippen LogP contribution in [0.25, 0.3) is 0 Å². The van der Waals surface area contributed by atoms with Crippen LogP contribution in [0.2, 0.25) is 0 Å². The summed E-state index contributed by atoms with van der Waals surface area (Å²) in [5, 5.41) is 5.48.